The summed E-state index contributed by atoms with van der Waals surface area (Å²) in [5.74, 6) is 0.931. The molecule has 78 valence electrons. The maximum atomic E-state index is 10.9. The van der Waals surface area contributed by atoms with E-state index in [1.165, 1.54) is 11.8 Å². The van der Waals surface area contributed by atoms with E-state index in [1.54, 1.807) is 13.8 Å². The van der Waals surface area contributed by atoms with Crippen molar-refractivity contribution in [2.75, 3.05) is 12.4 Å². The van der Waals surface area contributed by atoms with E-state index in [2.05, 4.69) is 10.2 Å². The number of carbonyl (C=O) groups excluding carboxylic acids is 1. The minimum atomic E-state index is -0.198. The summed E-state index contributed by atoms with van der Waals surface area (Å²) in [6.07, 6.45) is 0.361. The highest BCUT2D eigenvalue weighted by Gasteiger charge is 2.05. The third kappa shape index (κ3) is 3.78. The molecule has 0 saturated carbocycles. The summed E-state index contributed by atoms with van der Waals surface area (Å²) in [5.41, 5.74) is 0. The zero-order valence-corrected chi connectivity index (χ0v) is 8.97. The number of ether oxygens (including phenoxy) is 1. The molecule has 6 heteroatoms. The fourth-order valence-corrected chi connectivity index (χ4v) is 1.51. The van der Waals surface area contributed by atoms with Gasteiger partial charge in [0.1, 0.15) is 0 Å². The van der Waals surface area contributed by atoms with Crippen LogP contribution in [0.1, 0.15) is 19.2 Å². The lowest BCUT2D eigenvalue weighted by Crippen LogP contribution is -2.04. The first-order valence-corrected chi connectivity index (χ1v) is 5.29. The van der Waals surface area contributed by atoms with Gasteiger partial charge in [-0.1, -0.05) is 11.8 Å². The lowest BCUT2D eigenvalue weighted by molar-refractivity contribution is -0.142. The topological polar surface area (TPSA) is 65.2 Å². The minimum absolute atomic E-state index is 0.198. The van der Waals surface area contributed by atoms with Crippen LogP contribution in [0.3, 0.4) is 0 Å². The van der Waals surface area contributed by atoms with Crippen molar-refractivity contribution in [1.29, 1.82) is 0 Å². The zero-order valence-electron chi connectivity index (χ0n) is 8.15. The van der Waals surface area contributed by atoms with Crippen molar-refractivity contribution in [3.8, 4) is 0 Å². The summed E-state index contributed by atoms with van der Waals surface area (Å²) in [6, 6.07) is 0. The van der Waals surface area contributed by atoms with E-state index in [0.29, 0.717) is 29.9 Å². The van der Waals surface area contributed by atoms with Crippen molar-refractivity contribution in [2.24, 2.45) is 0 Å². The first-order chi connectivity index (χ1) is 6.72. The molecule has 0 aliphatic rings. The highest BCUT2D eigenvalue weighted by molar-refractivity contribution is 7.99. The summed E-state index contributed by atoms with van der Waals surface area (Å²) in [6.45, 7) is 3.93. The van der Waals surface area contributed by atoms with Crippen molar-refractivity contribution in [3.63, 3.8) is 0 Å². The fraction of sp³-hybridized carbons (Fsp3) is 0.625. The molecule has 0 aliphatic heterocycles. The van der Waals surface area contributed by atoms with E-state index < -0.39 is 0 Å². The van der Waals surface area contributed by atoms with Gasteiger partial charge in [-0.05, 0) is 6.92 Å². The van der Waals surface area contributed by atoms with Crippen LogP contribution in [-0.2, 0) is 9.53 Å². The summed E-state index contributed by atoms with van der Waals surface area (Å²) in [5, 5.41) is 7.94. The van der Waals surface area contributed by atoms with Gasteiger partial charge in [0.25, 0.3) is 5.22 Å². The highest BCUT2D eigenvalue weighted by atomic mass is 32.2. The molecule has 0 saturated heterocycles. The maximum absolute atomic E-state index is 10.9. The average Bonchev–Trinajstić information content (AvgIpc) is 2.52. The predicted molar refractivity (Wildman–Crippen MR) is 51.0 cm³/mol. The summed E-state index contributed by atoms with van der Waals surface area (Å²) in [4.78, 5) is 10.9. The number of esters is 1. The predicted octanol–water partition coefficient (Wildman–Crippen LogP) is 1.42. The van der Waals surface area contributed by atoms with Crippen LogP contribution in [-0.4, -0.2) is 28.5 Å². The molecule has 0 amide bonds. The van der Waals surface area contributed by atoms with E-state index in [9.17, 15) is 4.79 Å². The van der Waals surface area contributed by atoms with Gasteiger partial charge in [-0.25, -0.2) is 0 Å². The summed E-state index contributed by atoms with van der Waals surface area (Å²) >= 11 is 1.35. The SMILES string of the molecule is CCOC(=O)CCSc1nnc(C)o1. The Hall–Kier alpha value is -1.04. The lowest BCUT2D eigenvalue weighted by atomic mass is 10.5. The third-order valence-corrected chi connectivity index (χ3v) is 2.16. The molecule has 0 atom stereocenters. The van der Waals surface area contributed by atoms with Crippen LogP contribution in [0, 0.1) is 6.92 Å². The molecule has 1 aromatic rings. The molecule has 0 radical (unpaired) electrons. The molecule has 0 fully saturated rings. The average molecular weight is 216 g/mol. The molecule has 0 spiro atoms. The normalized spacial score (nSPS) is 10.1. The van der Waals surface area contributed by atoms with Gasteiger partial charge in [0.2, 0.25) is 5.89 Å². The second-order valence-corrected chi connectivity index (χ2v) is 3.54. The molecule has 1 heterocycles. The van der Waals surface area contributed by atoms with Crippen molar-refractivity contribution in [3.05, 3.63) is 5.89 Å². The Balaban J connectivity index is 2.18. The number of nitrogens with zero attached hydrogens (tertiary/aromatic N) is 2. The van der Waals surface area contributed by atoms with Crippen molar-refractivity contribution in [1.82, 2.24) is 10.2 Å². The number of thioether (sulfide) groups is 1. The molecule has 1 aromatic heterocycles. The van der Waals surface area contributed by atoms with Crippen LogP contribution in [0.5, 0.6) is 0 Å². The van der Waals surface area contributed by atoms with E-state index in [4.69, 9.17) is 9.15 Å². The Labute approximate surface area is 86.2 Å². The molecule has 1 rings (SSSR count). The Morgan fingerprint density at radius 2 is 2.36 bits per heavy atom. The molecular weight excluding hydrogens is 204 g/mol. The maximum Gasteiger partial charge on any atom is 0.306 e. The van der Waals surface area contributed by atoms with Crippen molar-refractivity contribution < 1.29 is 13.9 Å². The number of aromatic nitrogens is 2. The fourth-order valence-electron chi connectivity index (χ4n) is 0.792. The minimum Gasteiger partial charge on any atom is -0.466 e. The largest absolute Gasteiger partial charge is 0.466 e. The second-order valence-electron chi connectivity index (χ2n) is 2.49. The lowest BCUT2D eigenvalue weighted by Gasteiger charge is -1.98. The van der Waals surface area contributed by atoms with Gasteiger partial charge in [0.15, 0.2) is 0 Å². The quantitative estimate of drug-likeness (QED) is 0.548. The van der Waals surface area contributed by atoms with Gasteiger partial charge >= 0.3 is 5.97 Å². The van der Waals surface area contributed by atoms with Crippen molar-refractivity contribution >= 4 is 17.7 Å². The first-order valence-electron chi connectivity index (χ1n) is 4.31. The molecule has 0 unspecified atom stereocenters. The van der Waals surface area contributed by atoms with Gasteiger partial charge in [0, 0.05) is 12.7 Å². The van der Waals surface area contributed by atoms with Gasteiger partial charge in [-0.3, -0.25) is 4.79 Å². The number of aryl methyl sites for hydroxylation is 1. The van der Waals surface area contributed by atoms with Crippen molar-refractivity contribution in [2.45, 2.75) is 25.5 Å². The molecular formula is C8H12N2O3S. The second kappa shape index (κ2) is 5.64. The number of hydrogen-bond donors (Lipinski definition) is 0. The van der Waals surface area contributed by atoms with Gasteiger partial charge < -0.3 is 9.15 Å². The van der Waals surface area contributed by atoms with Crippen LogP contribution in [0.2, 0.25) is 0 Å². The number of hydrogen-bond acceptors (Lipinski definition) is 6. The summed E-state index contributed by atoms with van der Waals surface area (Å²) in [7, 11) is 0. The summed E-state index contributed by atoms with van der Waals surface area (Å²) < 4.78 is 9.88. The molecule has 0 bridgehead atoms. The molecule has 5 nitrogen and oxygen atoms in total. The molecule has 0 aliphatic carbocycles. The van der Waals surface area contributed by atoms with E-state index in [0.717, 1.165) is 0 Å². The van der Waals surface area contributed by atoms with Gasteiger partial charge in [-0.15, -0.1) is 10.2 Å². The van der Waals surface area contributed by atoms with Crippen LogP contribution >= 0.6 is 11.8 Å². The third-order valence-electron chi connectivity index (χ3n) is 1.34. The zero-order chi connectivity index (χ0) is 10.4. The Bertz CT molecular complexity index is 301. The van der Waals surface area contributed by atoms with Gasteiger partial charge in [-0.2, -0.15) is 0 Å². The van der Waals surface area contributed by atoms with Crippen LogP contribution < -0.4 is 0 Å². The molecule has 14 heavy (non-hydrogen) atoms. The Morgan fingerprint density at radius 3 is 2.93 bits per heavy atom. The highest BCUT2D eigenvalue weighted by Crippen LogP contribution is 2.16. The number of carbonyl (C=O) groups is 1. The van der Waals surface area contributed by atoms with Gasteiger partial charge in [0.05, 0.1) is 13.0 Å². The Kier molecular flexibility index (Phi) is 4.45. The van der Waals surface area contributed by atoms with E-state index in [1.807, 2.05) is 0 Å². The van der Waals surface area contributed by atoms with Crippen LogP contribution in [0.4, 0.5) is 0 Å². The standard InChI is InChI=1S/C8H12N2O3S/c1-3-12-7(11)4-5-14-8-10-9-6(2)13-8/h3-5H2,1-2H3. The van der Waals surface area contributed by atoms with Crippen LogP contribution in [0.15, 0.2) is 9.64 Å². The molecule has 0 N–H and O–H groups in total. The number of rotatable bonds is 5. The Morgan fingerprint density at radius 1 is 1.57 bits per heavy atom. The molecule has 0 aromatic carbocycles. The van der Waals surface area contributed by atoms with Crippen LogP contribution in [0.25, 0.3) is 0 Å². The van der Waals surface area contributed by atoms with E-state index in [-0.39, 0.29) is 5.97 Å². The van der Waals surface area contributed by atoms with E-state index >= 15 is 0 Å². The smallest absolute Gasteiger partial charge is 0.306 e. The first kappa shape index (κ1) is 11.0. The monoisotopic (exact) mass is 216 g/mol.